The topological polar surface area (TPSA) is 39.4 Å². The Morgan fingerprint density at radius 3 is 2.65 bits per heavy atom. The van der Waals surface area contributed by atoms with E-state index in [2.05, 4.69) is 0 Å². The summed E-state index contributed by atoms with van der Waals surface area (Å²) >= 11 is 5.84. The van der Waals surface area contributed by atoms with Crippen LogP contribution in [0.5, 0.6) is 0 Å². The minimum atomic E-state index is -0.534. The highest BCUT2D eigenvalue weighted by molar-refractivity contribution is 6.31. The summed E-state index contributed by atoms with van der Waals surface area (Å²) in [7, 11) is 0. The third kappa shape index (κ3) is 2.80. The highest BCUT2D eigenvalue weighted by Crippen LogP contribution is 2.24. The van der Waals surface area contributed by atoms with Gasteiger partial charge >= 0.3 is 5.97 Å². The fourth-order valence-electron chi connectivity index (χ4n) is 1.43. The Morgan fingerprint density at radius 1 is 1.29 bits per heavy atom. The SMILES string of the molecule is CC(C)(C)OC(=O)c1cc2ccc(Cl)cc2o1. The minimum absolute atomic E-state index is 0.192. The van der Waals surface area contributed by atoms with Crippen LogP contribution in [0, 0.1) is 0 Å². The lowest BCUT2D eigenvalue weighted by Gasteiger charge is -2.18. The van der Waals surface area contributed by atoms with Gasteiger partial charge in [-0.15, -0.1) is 0 Å². The molecule has 0 N–H and O–H groups in total. The van der Waals surface area contributed by atoms with Crippen molar-refractivity contribution in [3.8, 4) is 0 Å². The monoisotopic (exact) mass is 252 g/mol. The number of halogens is 1. The number of benzene rings is 1. The summed E-state index contributed by atoms with van der Waals surface area (Å²) in [5, 5.41) is 1.40. The molecule has 0 aliphatic heterocycles. The van der Waals surface area contributed by atoms with E-state index < -0.39 is 11.6 Å². The van der Waals surface area contributed by atoms with Crippen molar-refractivity contribution in [2.24, 2.45) is 0 Å². The second-order valence-corrected chi connectivity index (χ2v) is 5.23. The Bertz CT molecular complexity index is 564. The van der Waals surface area contributed by atoms with Crippen molar-refractivity contribution in [2.45, 2.75) is 26.4 Å². The number of rotatable bonds is 1. The number of carbonyl (C=O) groups excluding carboxylic acids is 1. The zero-order valence-corrected chi connectivity index (χ0v) is 10.7. The van der Waals surface area contributed by atoms with E-state index in [4.69, 9.17) is 20.8 Å². The number of furan rings is 1. The molecule has 3 nitrogen and oxygen atoms in total. The molecule has 1 aromatic heterocycles. The molecule has 0 saturated heterocycles. The van der Waals surface area contributed by atoms with Gasteiger partial charge < -0.3 is 9.15 Å². The second kappa shape index (κ2) is 4.08. The van der Waals surface area contributed by atoms with Crippen LogP contribution in [0.3, 0.4) is 0 Å². The van der Waals surface area contributed by atoms with Gasteiger partial charge in [-0.1, -0.05) is 11.6 Å². The minimum Gasteiger partial charge on any atom is -0.454 e. The second-order valence-electron chi connectivity index (χ2n) is 4.79. The van der Waals surface area contributed by atoms with E-state index in [1.807, 2.05) is 20.8 Å². The molecule has 1 heterocycles. The van der Waals surface area contributed by atoms with Gasteiger partial charge in [0.2, 0.25) is 5.76 Å². The van der Waals surface area contributed by atoms with Gasteiger partial charge in [0.1, 0.15) is 11.2 Å². The first-order valence-corrected chi connectivity index (χ1v) is 5.65. The summed E-state index contributed by atoms with van der Waals surface area (Å²) in [6, 6.07) is 6.87. The Morgan fingerprint density at radius 2 is 2.00 bits per heavy atom. The van der Waals surface area contributed by atoms with Crippen LogP contribution in [0.2, 0.25) is 5.02 Å². The maximum absolute atomic E-state index is 11.8. The Hall–Kier alpha value is -1.48. The normalized spacial score (nSPS) is 11.8. The van der Waals surface area contributed by atoms with Crippen LogP contribution in [0.4, 0.5) is 0 Å². The van der Waals surface area contributed by atoms with Gasteiger partial charge in [-0.3, -0.25) is 0 Å². The average Bonchev–Trinajstić information content (AvgIpc) is 2.57. The zero-order valence-electron chi connectivity index (χ0n) is 9.91. The summed E-state index contributed by atoms with van der Waals surface area (Å²) in [4.78, 5) is 11.8. The van der Waals surface area contributed by atoms with Gasteiger partial charge in [0.05, 0.1) is 0 Å². The van der Waals surface area contributed by atoms with Crippen molar-refractivity contribution in [3.05, 3.63) is 35.0 Å². The van der Waals surface area contributed by atoms with Crippen LogP contribution in [0.15, 0.2) is 28.7 Å². The summed E-state index contributed by atoms with van der Waals surface area (Å²) in [6.45, 7) is 5.43. The highest BCUT2D eigenvalue weighted by Gasteiger charge is 2.21. The first-order valence-electron chi connectivity index (χ1n) is 5.27. The van der Waals surface area contributed by atoms with E-state index in [9.17, 15) is 4.79 Å². The number of esters is 1. The lowest BCUT2D eigenvalue weighted by Crippen LogP contribution is -2.23. The van der Waals surface area contributed by atoms with Crippen molar-refractivity contribution in [1.29, 1.82) is 0 Å². The van der Waals surface area contributed by atoms with Gasteiger partial charge in [0, 0.05) is 16.5 Å². The number of ether oxygens (including phenoxy) is 1. The van der Waals surface area contributed by atoms with E-state index in [1.54, 1.807) is 24.3 Å². The molecule has 0 saturated carbocycles. The lowest BCUT2D eigenvalue weighted by molar-refractivity contribution is 0.00382. The molecule has 0 radical (unpaired) electrons. The van der Waals surface area contributed by atoms with Crippen molar-refractivity contribution >= 4 is 28.5 Å². The maximum Gasteiger partial charge on any atom is 0.374 e. The third-order valence-electron chi connectivity index (χ3n) is 2.08. The fraction of sp³-hybridized carbons (Fsp3) is 0.308. The molecule has 0 unspecified atom stereocenters. The largest absolute Gasteiger partial charge is 0.454 e. The molecule has 4 heteroatoms. The van der Waals surface area contributed by atoms with E-state index in [0.29, 0.717) is 10.6 Å². The number of hydrogen-bond donors (Lipinski definition) is 0. The Labute approximate surface area is 104 Å². The van der Waals surface area contributed by atoms with Gasteiger partial charge in [-0.05, 0) is 39.0 Å². The summed E-state index contributed by atoms with van der Waals surface area (Å²) in [5.41, 5.74) is 0.0478. The van der Waals surface area contributed by atoms with Crippen LogP contribution in [0.25, 0.3) is 11.0 Å². The highest BCUT2D eigenvalue weighted by atomic mass is 35.5. The Kier molecular flexibility index (Phi) is 2.87. The quantitative estimate of drug-likeness (QED) is 0.719. The molecule has 17 heavy (non-hydrogen) atoms. The molecule has 0 fully saturated rings. The molecule has 0 atom stereocenters. The Balaban J connectivity index is 2.33. The van der Waals surface area contributed by atoms with Gasteiger partial charge in [0.25, 0.3) is 0 Å². The third-order valence-corrected chi connectivity index (χ3v) is 2.32. The van der Waals surface area contributed by atoms with E-state index in [1.165, 1.54) is 0 Å². The van der Waals surface area contributed by atoms with Crippen molar-refractivity contribution < 1.29 is 13.9 Å². The number of carbonyl (C=O) groups is 1. The molecule has 0 aliphatic carbocycles. The first kappa shape index (κ1) is 12.0. The molecule has 2 rings (SSSR count). The van der Waals surface area contributed by atoms with E-state index in [0.717, 1.165) is 5.39 Å². The number of fused-ring (bicyclic) bond motifs is 1. The average molecular weight is 253 g/mol. The standard InChI is InChI=1S/C13H13ClO3/c1-13(2,3)17-12(15)11-6-8-4-5-9(14)7-10(8)16-11/h4-7H,1-3H3. The first-order chi connectivity index (χ1) is 7.85. The maximum atomic E-state index is 11.8. The molecular weight excluding hydrogens is 240 g/mol. The summed E-state index contributed by atoms with van der Waals surface area (Å²) in [6.07, 6.45) is 0. The number of hydrogen-bond acceptors (Lipinski definition) is 3. The summed E-state index contributed by atoms with van der Waals surface area (Å²) in [5.74, 6) is -0.276. The summed E-state index contributed by atoms with van der Waals surface area (Å²) < 4.78 is 10.6. The van der Waals surface area contributed by atoms with E-state index >= 15 is 0 Å². The van der Waals surface area contributed by atoms with Gasteiger partial charge in [-0.25, -0.2) is 4.79 Å². The fourth-order valence-corrected chi connectivity index (χ4v) is 1.60. The van der Waals surface area contributed by atoms with Crippen LogP contribution < -0.4 is 0 Å². The lowest BCUT2D eigenvalue weighted by atomic mass is 10.2. The molecule has 1 aromatic carbocycles. The predicted octanol–water partition coefficient (Wildman–Crippen LogP) is 4.04. The van der Waals surface area contributed by atoms with Gasteiger partial charge in [0.15, 0.2) is 0 Å². The van der Waals surface area contributed by atoms with Crippen molar-refractivity contribution in [3.63, 3.8) is 0 Å². The molecule has 90 valence electrons. The zero-order chi connectivity index (χ0) is 12.6. The molecule has 2 aromatic rings. The molecule has 0 amide bonds. The molecule has 0 aliphatic rings. The van der Waals surface area contributed by atoms with Crippen LogP contribution in [-0.4, -0.2) is 11.6 Å². The van der Waals surface area contributed by atoms with Crippen LogP contribution >= 0.6 is 11.6 Å². The van der Waals surface area contributed by atoms with E-state index in [-0.39, 0.29) is 5.76 Å². The van der Waals surface area contributed by atoms with Crippen molar-refractivity contribution in [2.75, 3.05) is 0 Å². The molecular formula is C13H13ClO3. The van der Waals surface area contributed by atoms with Crippen molar-refractivity contribution in [1.82, 2.24) is 0 Å². The van der Waals surface area contributed by atoms with Crippen LogP contribution in [-0.2, 0) is 4.74 Å². The smallest absolute Gasteiger partial charge is 0.374 e. The van der Waals surface area contributed by atoms with Gasteiger partial charge in [-0.2, -0.15) is 0 Å². The molecule has 0 spiro atoms. The van der Waals surface area contributed by atoms with Crippen LogP contribution in [0.1, 0.15) is 31.3 Å². The molecule has 0 bridgehead atoms. The predicted molar refractivity (Wildman–Crippen MR) is 66.4 cm³/mol.